The molecule has 1 aromatic heterocycles. The van der Waals surface area contributed by atoms with E-state index in [1.807, 2.05) is 31.1 Å². The number of nitrogens with one attached hydrogen (secondary N) is 2. The molecule has 2 aromatic rings. The van der Waals surface area contributed by atoms with E-state index in [0.29, 0.717) is 5.69 Å². The van der Waals surface area contributed by atoms with E-state index >= 15 is 0 Å². The highest BCUT2D eigenvalue weighted by atomic mass is 16.4. The fraction of sp³-hybridized carbons (Fsp3) is 0.200. The third-order valence-electron chi connectivity index (χ3n) is 3.53. The minimum Gasteiger partial charge on any atom is -0.478 e. The van der Waals surface area contributed by atoms with Crippen molar-refractivity contribution in [2.75, 3.05) is 17.4 Å². The second-order valence-corrected chi connectivity index (χ2v) is 5.05. The Kier molecular flexibility index (Phi) is 3.23. The van der Waals surface area contributed by atoms with Gasteiger partial charge in [-0.25, -0.2) is 10.2 Å². The zero-order chi connectivity index (χ0) is 15.0. The minimum absolute atomic E-state index is 0.188. The van der Waals surface area contributed by atoms with E-state index in [1.54, 1.807) is 0 Å². The predicted molar refractivity (Wildman–Crippen MR) is 80.3 cm³/mol. The van der Waals surface area contributed by atoms with Gasteiger partial charge in [0.2, 0.25) is 0 Å². The highest BCUT2D eigenvalue weighted by Crippen LogP contribution is 2.33. The molecule has 0 saturated carbocycles. The van der Waals surface area contributed by atoms with E-state index in [0.717, 1.165) is 16.8 Å². The van der Waals surface area contributed by atoms with Gasteiger partial charge in [0.25, 0.3) is 0 Å². The summed E-state index contributed by atoms with van der Waals surface area (Å²) in [4.78, 5) is 15.3. The van der Waals surface area contributed by atoms with Gasteiger partial charge in [-0.1, -0.05) is 17.7 Å². The minimum atomic E-state index is -0.976. The number of rotatable bonds is 3. The van der Waals surface area contributed by atoms with Crippen molar-refractivity contribution in [2.24, 2.45) is 0 Å². The maximum Gasteiger partial charge on any atom is 0.337 e. The SMILES string of the molecule is Cc1ccc2c(c1)C(Nc1cnccc1C(=O)O)NN2C. The predicted octanol–water partition coefficient (Wildman–Crippen LogP) is 2.15. The Bertz CT molecular complexity index is 702. The zero-order valence-corrected chi connectivity index (χ0v) is 11.8. The van der Waals surface area contributed by atoms with Crippen LogP contribution in [0.1, 0.15) is 27.7 Å². The van der Waals surface area contributed by atoms with Crippen molar-refractivity contribution < 1.29 is 9.90 Å². The maximum absolute atomic E-state index is 11.3. The molecule has 0 radical (unpaired) electrons. The van der Waals surface area contributed by atoms with E-state index < -0.39 is 5.97 Å². The standard InChI is InChI=1S/C15H16N4O2/c1-9-3-4-13-11(7-9)14(18-19(13)2)17-12-8-16-6-5-10(12)15(20)21/h3-8,14,17-18H,1-2H3,(H,20,21). The molecule has 3 N–H and O–H groups in total. The lowest BCUT2D eigenvalue weighted by atomic mass is 10.1. The smallest absolute Gasteiger partial charge is 0.337 e. The number of hydrogen-bond acceptors (Lipinski definition) is 5. The summed E-state index contributed by atoms with van der Waals surface area (Å²) < 4.78 is 0. The summed E-state index contributed by atoms with van der Waals surface area (Å²) in [6, 6.07) is 7.66. The molecule has 0 bridgehead atoms. The van der Waals surface area contributed by atoms with Gasteiger partial charge in [-0.05, 0) is 19.1 Å². The molecule has 6 nitrogen and oxygen atoms in total. The van der Waals surface area contributed by atoms with Crippen molar-refractivity contribution in [3.05, 3.63) is 53.3 Å². The molecule has 1 aliphatic heterocycles. The Morgan fingerprint density at radius 3 is 3.00 bits per heavy atom. The Labute approximate surface area is 122 Å². The number of hydrogen-bond donors (Lipinski definition) is 3. The first kappa shape index (κ1) is 13.4. The van der Waals surface area contributed by atoms with Gasteiger partial charge in [-0.3, -0.25) is 4.98 Å². The molecule has 0 saturated heterocycles. The normalized spacial score (nSPS) is 16.7. The van der Waals surface area contributed by atoms with Gasteiger partial charge in [0, 0.05) is 18.8 Å². The number of aromatic nitrogens is 1. The lowest BCUT2D eigenvalue weighted by Gasteiger charge is -2.18. The first-order chi connectivity index (χ1) is 10.1. The summed E-state index contributed by atoms with van der Waals surface area (Å²) in [5, 5.41) is 14.4. The Morgan fingerprint density at radius 1 is 1.43 bits per heavy atom. The van der Waals surface area contributed by atoms with Crippen molar-refractivity contribution in [1.29, 1.82) is 0 Å². The monoisotopic (exact) mass is 284 g/mol. The highest BCUT2D eigenvalue weighted by molar-refractivity contribution is 5.94. The average Bonchev–Trinajstić information content (AvgIpc) is 2.75. The number of carboxylic acids is 1. The number of aromatic carboxylic acids is 1. The lowest BCUT2D eigenvalue weighted by Crippen LogP contribution is -2.34. The third kappa shape index (κ3) is 2.41. The number of pyridine rings is 1. The van der Waals surface area contributed by atoms with Crippen LogP contribution in [0.3, 0.4) is 0 Å². The van der Waals surface area contributed by atoms with E-state index in [4.69, 9.17) is 0 Å². The molecule has 1 unspecified atom stereocenters. The molecule has 1 aromatic carbocycles. The van der Waals surface area contributed by atoms with Crippen LogP contribution in [-0.2, 0) is 0 Å². The van der Waals surface area contributed by atoms with Gasteiger partial charge in [0.05, 0.1) is 23.1 Å². The van der Waals surface area contributed by atoms with Crippen LogP contribution in [0, 0.1) is 6.92 Å². The fourth-order valence-corrected chi connectivity index (χ4v) is 2.50. The maximum atomic E-state index is 11.3. The second-order valence-electron chi connectivity index (χ2n) is 5.05. The van der Waals surface area contributed by atoms with Gasteiger partial charge < -0.3 is 15.4 Å². The molecule has 2 heterocycles. The van der Waals surface area contributed by atoms with Gasteiger partial charge >= 0.3 is 5.97 Å². The topological polar surface area (TPSA) is 77.5 Å². The molecule has 1 atom stereocenters. The van der Waals surface area contributed by atoms with Gasteiger partial charge in [0.15, 0.2) is 0 Å². The molecule has 1 aliphatic rings. The Balaban J connectivity index is 1.95. The van der Waals surface area contributed by atoms with E-state index in [-0.39, 0.29) is 11.7 Å². The lowest BCUT2D eigenvalue weighted by molar-refractivity contribution is 0.0697. The van der Waals surface area contributed by atoms with Crippen LogP contribution in [-0.4, -0.2) is 23.1 Å². The number of fused-ring (bicyclic) bond motifs is 1. The molecule has 0 aliphatic carbocycles. The zero-order valence-electron chi connectivity index (χ0n) is 11.8. The van der Waals surface area contributed by atoms with Crippen LogP contribution in [0.4, 0.5) is 11.4 Å². The van der Waals surface area contributed by atoms with E-state index in [2.05, 4.69) is 21.8 Å². The van der Waals surface area contributed by atoms with Crippen LogP contribution in [0.5, 0.6) is 0 Å². The van der Waals surface area contributed by atoms with Crippen LogP contribution in [0.15, 0.2) is 36.7 Å². The average molecular weight is 284 g/mol. The van der Waals surface area contributed by atoms with Gasteiger partial charge in [0.1, 0.15) is 6.17 Å². The number of nitrogens with zero attached hydrogens (tertiary/aromatic N) is 2. The van der Waals surface area contributed by atoms with E-state index in [1.165, 1.54) is 18.5 Å². The fourth-order valence-electron chi connectivity index (χ4n) is 2.50. The number of aryl methyl sites for hydroxylation is 1. The second kappa shape index (κ2) is 5.06. The van der Waals surface area contributed by atoms with Crippen LogP contribution in [0.25, 0.3) is 0 Å². The van der Waals surface area contributed by atoms with Crippen molar-refractivity contribution in [3.8, 4) is 0 Å². The highest BCUT2D eigenvalue weighted by Gasteiger charge is 2.26. The number of benzene rings is 1. The van der Waals surface area contributed by atoms with Crippen LogP contribution < -0.4 is 15.8 Å². The number of carbonyl (C=O) groups is 1. The van der Waals surface area contributed by atoms with Crippen LogP contribution in [0.2, 0.25) is 0 Å². The summed E-state index contributed by atoms with van der Waals surface area (Å²) in [5.41, 5.74) is 7.26. The molecule has 6 heteroatoms. The molecule has 108 valence electrons. The van der Waals surface area contributed by atoms with Crippen molar-refractivity contribution in [1.82, 2.24) is 10.4 Å². The molecule has 0 amide bonds. The largest absolute Gasteiger partial charge is 0.478 e. The van der Waals surface area contributed by atoms with Crippen molar-refractivity contribution in [2.45, 2.75) is 13.1 Å². The molecular weight excluding hydrogens is 268 g/mol. The summed E-state index contributed by atoms with van der Waals surface area (Å²) in [7, 11) is 1.93. The van der Waals surface area contributed by atoms with E-state index in [9.17, 15) is 9.90 Å². The third-order valence-corrected chi connectivity index (χ3v) is 3.53. The summed E-state index contributed by atoms with van der Waals surface area (Å²) in [5.74, 6) is -0.976. The quantitative estimate of drug-likeness (QED) is 0.801. The number of anilines is 2. The Hall–Kier alpha value is -2.60. The first-order valence-electron chi connectivity index (χ1n) is 6.60. The summed E-state index contributed by atoms with van der Waals surface area (Å²) in [6.45, 7) is 2.03. The van der Waals surface area contributed by atoms with Crippen molar-refractivity contribution in [3.63, 3.8) is 0 Å². The number of carboxylic acid groups (broad SMARTS) is 1. The molecule has 0 spiro atoms. The van der Waals surface area contributed by atoms with Crippen molar-refractivity contribution >= 4 is 17.3 Å². The van der Waals surface area contributed by atoms with Crippen LogP contribution >= 0.6 is 0 Å². The van der Waals surface area contributed by atoms with Gasteiger partial charge in [-0.2, -0.15) is 0 Å². The van der Waals surface area contributed by atoms with Gasteiger partial charge in [-0.15, -0.1) is 0 Å². The molecular formula is C15H16N4O2. The first-order valence-corrected chi connectivity index (χ1v) is 6.60. The summed E-state index contributed by atoms with van der Waals surface area (Å²) in [6.07, 6.45) is 2.81. The Morgan fingerprint density at radius 2 is 2.24 bits per heavy atom. The summed E-state index contributed by atoms with van der Waals surface area (Å²) >= 11 is 0. The molecule has 3 rings (SSSR count). The number of hydrazine groups is 1. The molecule has 0 fully saturated rings. The molecule has 21 heavy (non-hydrogen) atoms.